The van der Waals surface area contributed by atoms with E-state index in [1.165, 1.54) is 5.56 Å². The lowest BCUT2D eigenvalue weighted by molar-refractivity contribution is 0.0822. The van der Waals surface area contributed by atoms with Crippen LogP contribution in [0.3, 0.4) is 0 Å². The van der Waals surface area contributed by atoms with E-state index < -0.39 is 6.10 Å². The van der Waals surface area contributed by atoms with E-state index in [0.29, 0.717) is 12.2 Å². The summed E-state index contributed by atoms with van der Waals surface area (Å²) in [4.78, 5) is 2.30. The van der Waals surface area contributed by atoms with Crippen LogP contribution in [0.5, 0.6) is 11.5 Å². The van der Waals surface area contributed by atoms with E-state index in [1.807, 2.05) is 12.1 Å². The van der Waals surface area contributed by atoms with Gasteiger partial charge in [0, 0.05) is 18.5 Å². The number of hydrogen-bond acceptors (Lipinski definition) is 4. The third-order valence-corrected chi connectivity index (χ3v) is 4.94. The fourth-order valence-corrected chi connectivity index (χ4v) is 3.93. The summed E-state index contributed by atoms with van der Waals surface area (Å²) in [5, 5.41) is 20.0. The average Bonchev–Trinajstić information content (AvgIpc) is 2.68. The zero-order valence-electron chi connectivity index (χ0n) is 11.5. The topological polar surface area (TPSA) is 52.9 Å². The van der Waals surface area contributed by atoms with Crippen molar-refractivity contribution in [3.8, 4) is 11.5 Å². The second kappa shape index (κ2) is 3.99. The first-order valence-corrected chi connectivity index (χ1v) is 7.18. The lowest BCUT2D eigenvalue weighted by atomic mass is 9.69. The first-order chi connectivity index (χ1) is 9.60. The van der Waals surface area contributed by atoms with Crippen molar-refractivity contribution >= 4 is 0 Å². The molecule has 2 heterocycles. The second-order valence-electron chi connectivity index (χ2n) is 6.24. The molecule has 1 aromatic rings. The molecule has 20 heavy (non-hydrogen) atoms. The number of rotatable bonds is 0. The highest BCUT2D eigenvalue weighted by atomic mass is 16.5. The summed E-state index contributed by atoms with van der Waals surface area (Å²) in [5.74, 6) is 0.839. The number of aliphatic hydroxyl groups excluding tert-OH is 1. The molecule has 0 amide bonds. The summed E-state index contributed by atoms with van der Waals surface area (Å²) >= 11 is 0. The van der Waals surface area contributed by atoms with Crippen LogP contribution in [-0.4, -0.2) is 40.9 Å². The summed E-state index contributed by atoms with van der Waals surface area (Å²) in [5.41, 5.74) is 2.17. The number of aromatic hydroxyl groups is 1. The van der Waals surface area contributed by atoms with E-state index in [2.05, 4.69) is 18.0 Å². The van der Waals surface area contributed by atoms with Crippen LogP contribution in [0.1, 0.15) is 24.0 Å². The molecule has 4 heteroatoms. The molecule has 2 aliphatic heterocycles. The fraction of sp³-hybridized carbons (Fsp3) is 0.500. The Kier molecular flexibility index (Phi) is 2.44. The number of benzene rings is 1. The van der Waals surface area contributed by atoms with Gasteiger partial charge in [-0.1, -0.05) is 18.2 Å². The van der Waals surface area contributed by atoms with Crippen molar-refractivity contribution in [2.75, 3.05) is 13.6 Å². The normalized spacial score (nSPS) is 35.1. The summed E-state index contributed by atoms with van der Waals surface area (Å²) in [7, 11) is 2.12. The van der Waals surface area contributed by atoms with E-state index in [4.69, 9.17) is 4.74 Å². The van der Waals surface area contributed by atoms with Gasteiger partial charge in [0.1, 0.15) is 6.10 Å². The monoisotopic (exact) mass is 273 g/mol. The fourth-order valence-electron chi connectivity index (χ4n) is 3.93. The zero-order valence-corrected chi connectivity index (χ0v) is 11.5. The third-order valence-electron chi connectivity index (χ3n) is 4.94. The summed E-state index contributed by atoms with van der Waals surface area (Å²) in [6, 6.07) is 3.72. The largest absolute Gasteiger partial charge is 0.504 e. The molecule has 0 saturated carbocycles. The molecule has 1 aliphatic carbocycles. The molecule has 0 aromatic heterocycles. The maximum Gasteiger partial charge on any atom is 0.165 e. The van der Waals surface area contributed by atoms with E-state index >= 15 is 0 Å². The molecule has 0 saturated heterocycles. The Morgan fingerprint density at radius 3 is 3.10 bits per heavy atom. The van der Waals surface area contributed by atoms with Crippen LogP contribution in [0, 0.1) is 0 Å². The minimum Gasteiger partial charge on any atom is -0.504 e. The Hall–Kier alpha value is -1.52. The van der Waals surface area contributed by atoms with Crippen LogP contribution >= 0.6 is 0 Å². The van der Waals surface area contributed by atoms with Gasteiger partial charge in [-0.25, -0.2) is 0 Å². The zero-order chi connectivity index (χ0) is 13.9. The van der Waals surface area contributed by atoms with Crippen molar-refractivity contribution in [3.05, 3.63) is 35.4 Å². The Labute approximate surface area is 118 Å². The Morgan fingerprint density at radius 2 is 2.25 bits per heavy atom. The molecule has 1 aromatic carbocycles. The van der Waals surface area contributed by atoms with Crippen molar-refractivity contribution in [1.29, 1.82) is 0 Å². The number of phenols is 1. The minimum atomic E-state index is -0.452. The summed E-state index contributed by atoms with van der Waals surface area (Å²) in [6.45, 7) is 1.85. The maximum absolute atomic E-state index is 10.1. The van der Waals surface area contributed by atoms with Crippen molar-refractivity contribution < 1.29 is 14.9 Å². The molecule has 0 radical (unpaired) electrons. The maximum atomic E-state index is 10.1. The predicted molar refractivity (Wildman–Crippen MR) is 74.9 cm³/mol. The van der Waals surface area contributed by atoms with Crippen LogP contribution in [0.2, 0.25) is 0 Å². The van der Waals surface area contributed by atoms with Crippen LogP contribution in [0.25, 0.3) is 0 Å². The van der Waals surface area contributed by atoms with Gasteiger partial charge in [0.2, 0.25) is 0 Å². The standard InChI is InChI=1S/C16H19NO3/c1-17-7-6-16-5-4-11(18)8-13(16)20-15-12(19)3-2-10(9-17)14(15)16/h2-5,11,13,18-19H,6-9H2,1H3/t11?,13?,16-/m0/s1. The van der Waals surface area contributed by atoms with Crippen molar-refractivity contribution in [3.63, 3.8) is 0 Å². The molecule has 1 spiro atoms. The lowest BCUT2D eigenvalue weighted by Crippen LogP contribution is -2.42. The lowest BCUT2D eigenvalue weighted by Gasteiger charge is -2.35. The molecule has 3 atom stereocenters. The number of nitrogens with zero attached hydrogens (tertiary/aromatic N) is 1. The van der Waals surface area contributed by atoms with E-state index in [1.54, 1.807) is 6.07 Å². The summed E-state index contributed by atoms with van der Waals surface area (Å²) in [6.07, 6.45) is 5.02. The van der Waals surface area contributed by atoms with Gasteiger partial charge in [0.05, 0.1) is 11.5 Å². The number of ether oxygens (including phenoxy) is 1. The van der Waals surface area contributed by atoms with Crippen LogP contribution in [0.15, 0.2) is 24.3 Å². The smallest absolute Gasteiger partial charge is 0.165 e. The van der Waals surface area contributed by atoms with E-state index in [9.17, 15) is 10.2 Å². The van der Waals surface area contributed by atoms with Gasteiger partial charge in [-0.3, -0.25) is 0 Å². The first-order valence-electron chi connectivity index (χ1n) is 7.18. The molecule has 0 bridgehead atoms. The molecule has 0 fully saturated rings. The Bertz CT molecular complexity index is 598. The molecular weight excluding hydrogens is 254 g/mol. The highest BCUT2D eigenvalue weighted by Gasteiger charge is 2.52. The van der Waals surface area contributed by atoms with Crippen molar-refractivity contribution in [2.24, 2.45) is 0 Å². The molecular formula is C16H19NO3. The van der Waals surface area contributed by atoms with E-state index in [0.717, 1.165) is 25.1 Å². The summed E-state index contributed by atoms with van der Waals surface area (Å²) < 4.78 is 6.04. The van der Waals surface area contributed by atoms with Gasteiger partial charge in [-0.15, -0.1) is 0 Å². The molecule has 4 rings (SSSR count). The van der Waals surface area contributed by atoms with Gasteiger partial charge in [0.25, 0.3) is 0 Å². The van der Waals surface area contributed by atoms with Crippen LogP contribution in [0.4, 0.5) is 0 Å². The van der Waals surface area contributed by atoms with Gasteiger partial charge in [-0.2, -0.15) is 0 Å². The minimum absolute atomic E-state index is 0.0731. The van der Waals surface area contributed by atoms with Crippen molar-refractivity contribution in [2.45, 2.75) is 37.0 Å². The highest BCUT2D eigenvalue weighted by Crippen LogP contribution is 2.55. The van der Waals surface area contributed by atoms with E-state index in [-0.39, 0.29) is 17.3 Å². The number of aliphatic hydroxyl groups is 1. The molecule has 4 nitrogen and oxygen atoms in total. The van der Waals surface area contributed by atoms with Gasteiger partial charge < -0.3 is 19.8 Å². The third kappa shape index (κ3) is 1.49. The van der Waals surface area contributed by atoms with Crippen LogP contribution < -0.4 is 4.74 Å². The Morgan fingerprint density at radius 1 is 1.40 bits per heavy atom. The first kappa shape index (κ1) is 12.2. The molecule has 106 valence electrons. The van der Waals surface area contributed by atoms with Gasteiger partial charge >= 0.3 is 0 Å². The predicted octanol–water partition coefficient (Wildman–Crippen LogP) is 1.55. The number of hydrogen-bond donors (Lipinski definition) is 2. The number of phenolic OH excluding ortho intramolecular Hbond substituents is 1. The van der Waals surface area contributed by atoms with Gasteiger partial charge in [0.15, 0.2) is 11.5 Å². The quantitative estimate of drug-likeness (QED) is 0.704. The molecule has 3 aliphatic rings. The molecule has 2 unspecified atom stereocenters. The van der Waals surface area contributed by atoms with Gasteiger partial charge in [-0.05, 0) is 31.6 Å². The Balaban J connectivity index is 1.96. The SMILES string of the molecule is CN1CC[C@@]23C=CC(O)CC2Oc2c(O)ccc(c23)C1. The molecule has 2 N–H and O–H groups in total. The average molecular weight is 273 g/mol. The van der Waals surface area contributed by atoms with Crippen LogP contribution in [-0.2, 0) is 12.0 Å². The second-order valence-corrected chi connectivity index (χ2v) is 6.24. The van der Waals surface area contributed by atoms with Crippen molar-refractivity contribution in [1.82, 2.24) is 4.90 Å². The highest BCUT2D eigenvalue weighted by molar-refractivity contribution is 5.60.